The van der Waals surface area contributed by atoms with E-state index in [1.807, 2.05) is 17.9 Å². The van der Waals surface area contributed by atoms with Crippen molar-refractivity contribution in [1.29, 1.82) is 0 Å². The fraction of sp³-hybridized carbons (Fsp3) is 0.474. The standard InChI is InChI=1S/C19H24N2O2S/c1-14-20-18(13-24-14)12-23-19-8-9-21(15(2)22)11-17(19)10-16-6-4-3-5-7-16/h3-7,13,17,19H,8-12H2,1-2H3/t17-,19+/m0/s1. The molecule has 2 atom stereocenters. The average Bonchev–Trinajstić information content (AvgIpc) is 3.00. The Balaban J connectivity index is 1.66. The van der Waals surface area contributed by atoms with Gasteiger partial charge in [0.2, 0.25) is 5.91 Å². The lowest BCUT2D eigenvalue weighted by Crippen LogP contribution is -2.46. The third-order valence-electron chi connectivity index (χ3n) is 4.56. The molecule has 1 aliphatic heterocycles. The first-order chi connectivity index (χ1) is 11.6. The minimum atomic E-state index is 0.154. The zero-order chi connectivity index (χ0) is 16.9. The zero-order valence-electron chi connectivity index (χ0n) is 14.3. The maximum Gasteiger partial charge on any atom is 0.219 e. The molecule has 0 radical (unpaired) electrons. The van der Waals surface area contributed by atoms with Crippen molar-refractivity contribution in [3.8, 4) is 0 Å². The monoisotopic (exact) mass is 344 g/mol. The van der Waals surface area contributed by atoms with Crippen molar-refractivity contribution >= 4 is 17.2 Å². The normalized spacial score (nSPS) is 21.0. The molecular weight excluding hydrogens is 320 g/mol. The van der Waals surface area contributed by atoms with Gasteiger partial charge >= 0.3 is 0 Å². The van der Waals surface area contributed by atoms with Crippen LogP contribution in [0.4, 0.5) is 0 Å². The van der Waals surface area contributed by atoms with Crippen LogP contribution in [0, 0.1) is 12.8 Å². The predicted octanol–water partition coefficient (Wildman–Crippen LogP) is 3.45. The SMILES string of the molecule is CC(=O)N1CC[C@@H](OCc2csc(C)n2)[C@@H](Cc2ccccc2)C1. The van der Waals surface area contributed by atoms with Crippen molar-refractivity contribution in [1.82, 2.24) is 9.88 Å². The number of carbonyl (C=O) groups is 1. The number of aromatic nitrogens is 1. The highest BCUT2D eigenvalue weighted by Crippen LogP contribution is 2.25. The third-order valence-corrected chi connectivity index (χ3v) is 5.38. The molecule has 3 rings (SSSR count). The van der Waals surface area contributed by atoms with Crippen LogP contribution in [0.3, 0.4) is 0 Å². The van der Waals surface area contributed by atoms with Gasteiger partial charge in [0.1, 0.15) is 0 Å². The van der Waals surface area contributed by atoms with Gasteiger partial charge in [-0.15, -0.1) is 11.3 Å². The Morgan fingerprint density at radius 3 is 2.83 bits per heavy atom. The first kappa shape index (κ1) is 17.1. The Bertz CT molecular complexity index is 671. The van der Waals surface area contributed by atoms with Gasteiger partial charge in [0.15, 0.2) is 0 Å². The molecule has 0 aliphatic carbocycles. The molecule has 2 aromatic rings. The summed E-state index contributed by atoms with van der Waals surface area (Å²) in [6.45, 7) is 5.77. The third kappa shape index (κ3) is 4.42. The molecule has 0 unspecified atom stereocenters. The van der Waals surface area contributed by atoms with Crippen molar-refractivity contribution in [2.75, 3.05) is 13.1 Å². The lowest BCUT2D eigenvalue weighted by Gasteiger charge is -2.38. The summed E-state index contributed by atoms with van der Waals surface area (Å²) in [4.78, 5) is 18.2. The molecule has 2 heterocycles. The quantitative estimate of drug-likeness (QED) is 0.834. The Kier molecular flexibility index (Phi) is 5.63. The molecule has 1 amide bonds. The van der Waals surface area contributed by atoms with E-state index in [1.165, 1.54) is 5.56 Å². The minimum absolute atomic E-state index is 0.154. The molecule has 0 saturated carbocycles. The molecular formula is C19H24N2O2S. The summed E-state index contributed by atoms with van der Waals surface area (Å²) in [5.41, 5.74) is 2.30. The number of piperidine rings is 1. The summed E-state index contributed by atoms with van der Waals surface area (Å²) in [6.07, 6.45) is 1.99. The van der Waals surface area contributed by atoms with Crippen LogP contribution in [-0.2, 0) is 22.6 Å². The maximum absolute atomic E-state index is 11.8. The fourth-order valence-electron chi connectivity index (χ4n) is 3.30. The van der Waals surface area contributed by atoms with Crippen molar-refractivity contribution in [3.63, 3.8) is 0 Å². The van der Waals surface area contributed by atoms with Crippen LogP contribution < -0.4 is 0 Å². The topological polar surface area (TPSA) is 42.4 Å². The number of likely N-dealkylation sites (tertiary alicyclic amines) is 1. The number of benzene rings is 1. The number of rotatable bonds is 5. The average molecular weight is 344 g/mol. The van der Waals surface area contributed by atoms with Gasteiger partial charge in [-0.1, -0.05) is 30.3 Å². The number of ether oxygens (including phenoxy) is 1. The second kappa shape index (κ2) is 7.90. The van der Waals surface area contributed by atoms with Gasteiger partial charge in [-0.05, 0) is 25.3 Å². The van der Waals surface area contributed by atoms with Crippen molar-refractivity contribution in [2.45, 2.75) is 39.4 Å². The smallest absolute Gasteiger partial charge is 0.219 e. The molecule has 128 valence electrons. The number of hydrogen-bond donors (Lipinski definition) is 0. The number of thiazole rings is 1. The van der Waals surface area contributed by atoms with Gasteiger partial charge in [0, 0.05) is 31.3 Å². The molecule has 0 bridgehead atoms. The summed E-state index contributed by atoms with van der Waals surface area (Å²) < 4.78 is 6.20. The van der Waals surface area contributed by atoms with E-state index in [1.54, 1.807) is 18.3 Å². The summed E-state index contributed by atoms with van der Waals surface area (Å²) in [7, 11) is 0. The van der Waals surface area contributed by atoms with Crippen LogP contribution in [0.5, 0.6) is 0 Å². The molecule has 1 fully saturated rings. The molecule has 1 aliphatic rings. The van der Waals surface area contributed by atoms with Crippen LogP contribution >= 0.6 is 11.3 Å². The fourth-order valence-corrected chi connectivity index (χ4v) is 3.89. The number of amides is 1. The van der Waals surface area contributed by atoms with Gasteiger partial charge in [-0.25, -0.2) is 4.98 Å². The number of carbonyl (C=O) groups excluding carboxylic acids is 1. The Labute approximate surface area is 147 Å². The van der Waals surface area contributed by atoms with Gasteiger partial charge < -0.3 is 9.64 Å². The molecule has 1 saturated heterocycles. The van der Waals surface area contributed by atoms with Crippen molar-refractivity contribution < 1.29 is 9.53 Å². The Morgan fingerprint density at radius 1 is 1.38 bits per heavy atom. The van der Waals surface area contributed by atoms with Crippen LogP contribution in [0.2, 0.25) is 0 Å². The predicted molar refractivity (Wildman–Crippen MR) is 95.9 cm³/mol. The highest BCUT2D eigenvalue weighted by Gasteiger charge is 2.31. The van der Waals surface area contributed by atoms with Crippen LogP contribution in [0.1, 0.15) is 29.6 Å². The molecule has 4 nitrogen and oxygen atoms in total. The number of aryl methyl sites for hydroxylation is 1. The second-order valence-electron chi connectivity index (χ2n) is 6.41. The Hall–Kier alpha value is -1.72. The van der Waals surface area contributed by atoms with Crippen LogP contribution in [0.25, 0.3) is 0 Å². The van der Waals surface area contributed by atoms with Gasteiger partial charge in [-0.2, -0.15) is 0 Å². The van der Waals surface area contributed by atoms with E-state index in [2.05, 4.69) is 34.6 Å². The van der Waals surface area contributed by atoms with Gasteiger partial charge in [-0.3, -0.25) is 4.79 Å². The molecule has 5 heteroatoms. The summed E-state index contributed by atoms with van der Waals surface area (Å²) >= 11 is 1.65. The molecule has 0 N–H and O–H groups in total. The van der Waals surface area contributed by atoms with Gasteiger partial charge in [0.05, 0.1) is 23.4 Å². The van der Waals surface area contributed by atoms with E-state index in [0.29, 0.717) is 12.5 Å². The van der Waals surface area contributed by atoms with E-state index in [0.717, 1.165) is 36.6 Å². The zero-order valence-corrected chi connectivity index (χ0v) is 15.1. The molecule has 24 heavy (non-hydrogen) atoms. The first-order valence-electron chi connectivity index (χ1n) is 8.44. The van der Waals surface area contributed by atoms with Crippen LogP contribution in [-0.4, -0.2) is 35.0 Å². The van der Waals surface area contributed by atoms with E-state index in [9.17, 15) is 4.79 Å². The van der Waals surface area contributed by atoms with Crippen molar-refractivity contribution in [2.24, 2.45) is 5.92 Å². The van der Waals surface area contributed by atoms with Crippen LogP contribution in [0.15, 0.2) is 35.7 Å². The van der Waals surface area contributed by atoms with E-state index in [-0.39, 0.29) is 12.0 Å². The highest BCUT2D eigenvalue weighted by molar-refractivity contribution is 7.09. The highest BCUT2D eigenvalue weighted by atomic mass is 32.1. The lowest BCUT2D eigenvalue weighted by molar-refractivity contribution is -0.134. The molecule has 1 aromatic heterocycles. The second-order valence-corrected chi connectivity index (χ2v) is 7.47. The van der Waals surface area contributed by atoms with Crippen molar-refractivity contribution in [3.05, 3.63) is 52.0 Å². The largest absolute Gasteiger partial charge is 0.371 e. The first-order valence-corrected chi connectivity index (χ1v) is 9.32. The van der Waals surface area contributed by atoms with E-state index in [4.69, 9.17) is 4.74 Å². The van der Waals surface area contributed by atoms with E-state index >= 15 is 0 Å². The summed E-state index contributed by atoms with van der Waals surface area (Å²) in [5.74, 6) is 0.478. The summed E-state index contributed by atoms with van der Waals surface area (Å²) in [5, 5.41) is 3.13. The van der Waals surface area contributed by atoms with Gasteiger partial charge in [0.25, 0.3) is 0 Å². The molecule has 0 spiro atoms. The number of hydrogen-bond acceptors (Lipinski definition) is 4. The summed E-state index contributed by atoms with van der Waals surface area (Å²) in [6, 6.07) is 10.5. The van der Waals surface area contributed by atoms with E-state index < -0.39 is 0 Å². The lowest BCUT2D eigenvalue weighted by atomic mass is 9.88. The maximum atomic E-state index is 11.8. The Morgan fingerprint density at radius 2 is 2.17 bits per heavy atom. The molecule has 1 aromatic carbocycles. The minimum Gasteiger partial charge on any atom is -0.371 e. The number of nitrogens with zero attached hydrogens (tertiary/aromatic N) is 2.